The molecular weight excluding hydrogens is 392 g/mol. The summed E-state index contributed by atoms with van der Waals surface area (Å²) in [5.74, 6) is -1.30. The number of rotatable bonds is 5. The van der Waals surface area contributed by atoms with Gasteiger partial charge >= 0.3 is 6.11 Å². The van der Waals surface area contributed by atoms with Crippen LogP contribution in [0.3, 0.4) is 0 Å². The van der Waals surface area contributed by atoms with Crippen LogP contribution in [0.15, 0.2) is 60.9 Å². The van der Waals surface area contributed by atoms with E-state index in [-0.39, 0.29) is 22.9 Å². The summed E-state index contributed by atoms with van der Waals surface area (Å²) < 4.78 is 69.8. The lowest BCUT2D eigenvalue weighted by Gasteiger charge is -2.19. The highest BCUT2D eigenvalue weighted by Gasteiger charge is 2.25. The van der Waals surface area contributed by atoms with E-state index in [0.717, 1.165) is 0 Å². The molecule has 0 saturated heterocycles. The van der Waals surface area contributed by atoms with Gasteiger partial charge in [0.2, 0.25) is 0 Å². The molecule has 3 aromatic rings. The Hall–Kier alpha value is -3.55. The highest BCUT2D eigenvalue weighted by Crippen LogP contribution is 2.31. The fourth-order valence-corrected chi connectivity index (χ4v) is 2.84. The lowest BCUT2D eigenvalue weighted by molar-refractivity contribution is -0.158. The third kappa shape index (κ3) is 4.53. The van der Waals surface area contributed by atoms with Gasteiger partial charge in [0.05, 0.1) is 24.0 Å². The largest absolute Gasteiger partial charge is 0.491 e. The van der Waals surface area contributed by atoms with Crippen LogP contribution in [0.2, 0.25) is 0 Å². The second kappa shape index (κ2) is 8.06. The molecule has 2 heterocycles. The second-order valence-corrected chi connectivity index (χ2v) is 6.42. The van der Waals surface area contributed by atoms with E-state index in [1.54, 1.807) is 6.07 Å². The number of aromatic nitrogens is 2. The van der Waals surface area contributed by atoms with Gasteiger partial charge < -0.3 is 14.4 Å². The van der Waals surface area contributed by atoms with Crippen molar-refractivity contribution in [2.45, 2.75) is 19.5 Å². The Morgan fingerprint density at radius 1 is 1.20 bits per heavy atom. The predicted molar refractivity (Wildman–Crippen MR) is 105 cm³/mol. The molecule has 1 amide bonds. The lowest BCUT2D eigenvalue weighted by Crippen LogP contribution is -2.32. The van der Waals surface area contributed by atoms with E-state index < -0.39 is 31.6 Å². The zero-order chi connectivity index (χ0) is 24.7. The van der Waals surface area contributed by atoms with Crippen molar-refractivity contribution in [3.8, 4) is 22.6 Å². The van der Waals surface area contributed by atoms with Crippen LogP contribution < -0.4 is 9.47 Å². The minimum Gasteiger partial charge on any atom is -0.491 e. The summed E-state index contributed by atoms with van der Waals surface area (Å²) in [6.07, 6.45) is -0.746. The maximum absolute atomic E-state index is 13.5. The Morgan fingerprint density at radius 2 is 1.90 bits per heavy atom. The van der Waals surface area contributed by atoms with Crippen molar-refractivity contribution in [1.29, 1.82) is 0 Å². The van der Waals surface area contributed by atoms with Crippen LogP contribution >= 0.6 is 0 Å². The van der Waals surface area contributed by atoms with E-state index in [9.17, 15) is 13.6 Å². The highest BCUT2D eigenvalue weighted by atomic mass is 19.3. The Balaban J connectivity index is 1.73. The monoisotopic (exact) mass is 415 g/mol. The van der Waals surface area contributed by atoms with E-state index in [0.29, 0.717) is 23.0 Å². The molecular formula is C22H19F2N3O3. The second-order valence-electron chi connectivity index (χ2n) is 6.42. The zero-order valence-electron chi connectivity index (χ0n) is 19.8. The number of nitrogens with zero attached hydrogens (tertiary/aromatic N) is 3. The zero-order valence-corrected chi connectivity index (χ0v) is 15.8. The molecule has 8 heteroatoms. The third-order valence-electron chi connectivity index (χ3n) is 4.13. The van der Waals surface area contributed by atoms with Gasteiger partial charge in [-0.05, 0) is 41.5 Å². The van der Waals surface area contributed by atoms with Gasteiger partial charge in [0, 0.05) is 19.3 Å². The molecule has 0 radical (unpaired) electrons. The van der Waals surface area contributed by atoms with Crippen molar-refractivity contribution in [2.75, 3.05) is 13.1 Å². The molecule has 1 aliphatic heterocycles. The highest BCUT2D eigenvalue weighted by molar-refractivity contribution is 5.98. The van der Waals surface area contributed by atoms with Crippen LogP contribution in [0.4, 0.5) is 8.78 Å². The van der Waals surface area contributed by atoms with Gasteiger partial charge in [0.15, 0.2) is 0 Å². The normalized spacial score (nSPS) is 18.1. The molecule has 4 rings (SSSR count). The number of hydrogen-bond donors (Lipinski definition) is 0. The summed E-state index contributed by atoms with van der Waals surface area (Å²) in [4.78, 5) is 21.6. The molecule has 0 aliphatic carbocycles. The van der Waals surface area contributed by atoms with Crippen LogP contribution in [0.5, 0.6) is 11.5 Å². The van der Waals surface area contributed by atoms with Crippen molar-refractivity contribution in [2.24, 2.45) is 0 Å². The summed E-state index contributed by atoms with van der Waals surface area (Å²) in [6, 6.07) is 11.8. The molecule has 2 aromatic carbocycles. The Bertz CT molecular complexity index is 1210. The molecule has 30 heavy (non-hydrogen) atoms. The maximum Gasteiger partial charge on any atom is 0.394 e. The van der Waals surface area contributed by atoms with Crippen molar-refractivity contribution >= 4 is 5.91 Å². The predicted octanol–water partition coefficient (Wildman–Crippen LogP) is 4.17. The van der Waals surface area contributed by atoms with Gasteiger partial charge in [0.1, 0.15) is 23.9 Å². The first kappa shape index (κ1) is 15.3. The molecule has 0 bridgehead atoms. The molecule has 1 aliphatic rings. The first-order valence-corrected chi connectivity index (χ1v) is 8.95. The average Bonchev–Trinajstić information content (AvgIpc) is 2.87. The fraction of sp³-hybridized carbons (Fsp3) is 0.227. The molecule has 154 valence electrons. The number of amides is 1. The number of hydrogen-bond acceptors (Lipinski definition) is 5. The number of fused-ring (bicyclic) bond motifs is 1. The summed E-state index contributed by atoms with van der Waals surface area (Å²) >= 11 is 0. The van der Waals surface area contributed by atoms with E-state index in [2.05, 4.69) is 14.7 Å². The number of carbonyl (C=O) groups excluding carboxylic acids is 1. The molecule has 6 nitrogen and oxygen atoms in total. The minimum absolute atomic E-state index is 0.0409. The number of ether oxygens (including phenoxy) is 2. The van der Waals surface area contributed by atoms with E-state index >= 15 is 0 Å². The minimum atomic E-state index is -3.33. The first-order valence-electron chi connectivity index (χ1n) is 10.9. The van der Waals surface area contributed by atoms with E-state index in [1.807, 2.05) is 0 Å². The maximum atomic E-state index is 13.5. The first-order chi connectivity index (χ1) is 15.9. The topological polar surface area (TPSA) is 64.6 Å². The van der Waals surface area contributed by atoms with Gasteiger partial charge in [-0.1, -0.05) is 18.2 Å². The summed E-state index contributed by atoms with van der Waals surface area (Å²) in [5.41, 5.74) is 0.999. The smallest absolute Gasteiger partial charge is 0.394 e. The molecule has 0 saturated carbocycles. The molecule has 1 aromatic heterocycles. The van der Waals surface area contributed by atoms with Gasteiger partial charge in [0.25, 0.3) is 5.91 Å². The lowest BCUT2D eigenvalue weighted by atomic mass is 10.0. The summed E-state index contributed by atoms with van der Waals surface area (Å²) in [7, 11) is 0. The van der Waals surface area contributed by atoms with Crippen LogP contribution in [0.1, 0.15) is 28.6 Å². The number of alkyl halides is 2. The molecule has 0 atom stereocenters. The van der Waals surface area contributed by atoms with Crippen molar-refractivity contribution < 1.29 is 28.5 Å². The molecule has 0 spiro atoms. The summed E-state index contributed by atoms with van der Waals surface area (Å²) in [5, 5.41) is 0. The van der Waals surface area contributed by atoms with Crippen molar-refractivity contribution in [3.05, 3.63) is 72.3 Å². The number of carbonyl (C=O) groups is 1. The Kier molecular flexibility index (Phi) is 4.11. The van der Waals surface area contributed by atoms with Gasteiger partial charge in [-0.3, -0.25) is 4.79 Å². The van der Waals surface area contributed by atoms with Gasteiger partial charge in [-0.2, -0.15) is 8.78 Å². The van der Waals surface area contributed by atoms with E-state index in [4.69, 9.17) is 10.2 Å². The summed E-state index contributed by atoms with van der Waals surface area (Å²) in [6.45, 7) is -5.20. The van der Waals surface area contributed by atoms with Crippen molar-refractivity contribution in [3.63, 3.8) is 0 Å². The molecule has 0 fully saturated rings. The van der Waals surface area contributed by atoms with Crippen LogP contribution in [-0.2, 0) is 6.50 Å². The molecule has 0 N–H and O–H groups in total. The van der Waals surface area contributed by atoms with Crippen molar-refractivity contribution in [1.82, 2.24) is 14.9 Å². The average molecular weight is 415 g/mol. The SMILES string of the molecule is [2H]C1([2H])COc2ccc(-c3ccc(OC(C)(F)F)cc3)cc2C(=O)N1C([2H])([2H])c1ncccn1. The van der Waals surface area contributed by atoms with Crippen LogP contribution in [0.25, 0.3) is 11.1 Å². The number of benzene rings is 2. The van der Waals surface area contributed by atoms with E-state index in [1.165, 1.54) is 54.9 Å². The Labute approximate surface area is 177 Å². The fourth-order valence-electron chi connectivity index (χ4n) is 2.84. The Morgan fingerprint density at radius 3 is 2.60 bits per heavy atom. The van der Waals surface area contributed by atoms with Crippen LogP contribution in [0, 0.1) is 0 Å². The van der Waals surface area contributed by atoms with Gasteiger partial charge in [-0.25, -0.2) is 9.97 Å². The number of halogens is 2. The van der Waals surface area contributed by atoms with Crippen LogP contribution in [-0.4, -0.2) is 40.0 Å². The standard InChI is InChI=1S/C22H19F2N3O3/c1-22(23,24)30-17-6-3-15(4-7-17)16-5-8-19-18(13-16)21(28)27(11-12-29-19)14-20-25-9-2-10-26-20/h2-10,13H,11-12,14H2,1H3/i11D2,14D2. The van der Waals surface area contributed by atoms with Gasteiger partial charge in [-0.15, -0.1) is 0 Å². The quantitative estimate of drug-likeness (QED) is 0.626. The third-order valence-corrected chi connectivity index (χ3v) is 4.13. The molecule has 0 unspecified atom stereocenters.